The van der Waals surface area contributed by atoms with Crippen LogP contribution in [0.5, 0.6) is 0 Å². The van der Waals surface area contributed by atoms with Gasteiger partial charge in [0, 0.05) is 32.7 Å². The molecular weight excluding hydrogens is 228 g/mol. The van der Waals surface area contributed by atoms with Crippen molar-refractivity contribution in [3.05, 3.63) is 0 Å². The van der Waals surface area contributed by atoms with Crippen LogP contribution in [0.25, 0.3) is 0 Å². The van der Waals surface area contributed by atoms with Gasteiger partial charge in [0.15, 0.2) is 5.96 Å². The van der Waals surface area contributed by atoms with E-state index in [0.717, 1.165) is 58.8 Å². The smallest absolute Gasteiger partial charge is 0.188 e. The number of ether oxygens (including phenoxy) is 1. The molecule has 106 valence electrons. The van der Waals surface area contributed by atoms with E-state index in [1.54, 1.807) is 0 Å². The largest absolute Gasteiger partial charge is 0.379 e. The van der Waals surface area contributed by atoms with E-state index in [0.29, 0.717) is 11.9 Å². The average Bonchev–Trinajstić information content (AvgIpc) is 2.35. The molecule has 0 saturated carbocycles. The Balaban J connectivity index is 2.00. The maximum absolute atomic E-state index is 5.78. The van der Waals surface area contributed by atoms with Gasteiger partial charge in [-0.15, -0.1) is 0 Å². The molecule has 5 heteroatoms. The van der Waals surface area contributed by atoms with Gasteiger partial charge in [0.25, 0.3) is 0 Å². The Morgan fingerprint density at radius 2 is 2.11 bits per heavy atom. The Bertz CT molecular complexity index is 237. The van der Waals surface area contributed by atoms with Crippen molar-refractivity contribution in [2.75, 3.05) is 45.9 Å². The molecule has 0 radical (unpaired) electrons. The number of nitrogens with one attached hydrogen (secondary N) is 1. The van der Waals surface area contributed by atoms with Gasteiger partial charge in [-0.1, -0.05) is 13.8 Å². The summed E-state index contributed by atoms with van der Waals surface area (Å²) in [4.78, 5) is 6.75. The number of nitrogens with zero attached hydrogens (tertiary/aromatic N) is 2. The molecular formula is C13H28N4O. The minimum atomic E-state index is 0.581. The zero-order valence-corrected chi connectivity index (χ0v) is 11.8. The van der Waals surface area contributed by atoms with E-state index in [-0.39, 0.29) is 0 Å². The van der Waals surface area contributed by atoms with Crippen LogP contribution in [-0.4, -0.2) is 56.8 Å². The Labute approximate surface area is 111 Å². The predicted octanol–water partition coefficient (Wildman–Crippen LogP) is 0.659. The van der Waals surface area contributed by atoms with Gasteiger partial charge in [-0.3, -0.25) is 9.89 Å². The predicted molar refractivity (Wildman–Crippen MR) is 75.8 cm³/mol. The summed E-state index contributed by atoms with van der Waals surface area (Å²) < 4.78 is 5.31. The summed E-state index contributed by atoms with van der Waals surface area (Å²) >= 11 is 0. The molecule has 1 rings (SSSR count). The number of morpholine rings is 1. The van der Waals surface area contributed by atoms with Crippen LogP contribution in [-0.2, 0) is 4.74 Å². The molecule has 18 heavy (non-hydrogen) atoms. The zero-order chi connectivity index (χ0) is 13.2. The van der Waals surface area contributed by atoms with Crippen LogP contribution in [0, 0.1) is 5.92 Å². The number of hydrogen-bond acceptors (Lipinski definition) is 3. The number of aliphatic imine (C=N–C) groups is 1. The van der Waals surface area contributed by atoms with E-state index < -0.39 is 0 Å². The second kappa shape index (κ2) is 9.16. The molecule has 1 saturated heterocycles. The molecule has 5 nitrogen and oxygen atoms in total. The second-order valence-electron chi connectivity index (χ2n) is 5.18. The van der Waals surface area contributed by atoms with Crippen LogP contribution in [0.4, 0.5) is 0 Å². The fourth-order valence-electron chi connectivity index (χ4n) is 1.86. The fourth-order valence-corrected chi connectivity index (χ4v) is 1.86. The van der Waals surface area contributed by atoms with E-state index in [1.165, 1.54) is 0 Å². The highest BCUT2D eigenvalue weighted by Crippen LogP contribution is 1.98. The van der Waals surface area contributed by atoms with Crippen LogP contribution < -0.4 is 11.1 Å². The van der Waals surface area contributed by atoms with Gasteiger partial charge in [-0.2, -0.15) is 0 Å². The topological polar surface area (TPSA) is 62.9 Å². The van der Waals surface area contributed by atoms with E-state index in [1.807, 2.05) is 0 Å². The Morgan fingerprint density at radius 1 is 1.39 bits per heavy atom. The first-order chi connectivity index (χ1) is 8.68. The first-order valence-corrected chi connectivity index (χ1v) is 7.02. The summed E-state index contributed by atoms with van der Waals surface area (Å²) in [7, 11) is 0. The van der Waals surface area contributed by atoms with Gasteiger partial charge in [0.1, 0.15) is 0 Å². The van der Waals surface area contributed by atoms with Gasteiger partial charge >= 0.3 is 0 Å². The normalized spacial score (nSPS) is 18.3. The van der Waals surface area contributed by atoms with Crippen molar-refractivity contribution in [3.63, 3.8) is 0 Å². The number of rotatable bonds is 7. The monoisotopic (exact) mass is 256 g/mol. The van der Waals surface area contributed by atoms with Crippen LogP contribution in [0.15, 0.2) is 4.99 Å². The molecule has 0 amide bonds. The highest BCUT2D eigenvalue weighted by Gasteiger charge is 2.08. The molecule has 0 aliphatic carbocycles. The molecule has 0 aromatic heterocycles. The van der Waals surface area contributed by atoms with Crippen molar-refractivity contribution in [2.45, 2.75) is 26.7 Å². The molecule has 0 aromatic carbocycles. The molecule has 0 spiro atoms. The molecule has 1 aliphatic rings. The number of hydrogen-bond donors (Lipinski definition) is 2. The first kappa shape index (κ1) is 15.2. The molecule has 0 bridgehead atoms. The molecule has 3 N–H and O–H groups in total. The van der Waals surface area contributed by atoms with Crippen molar-refractivity contribution in [2.24, 2.45) is 16.6 Å². The van der Waals surface area contributed by atoms with E-state index >= 15 is 0 Å². The van der Waals surface area contributed by atoms with Crippen molar-refractivity contribution >= 4 is 5.96 Å². The lowest BCUT2D eigenvalue weighted by atomic mass is 10.1. The zero-order valence-electron chi connectivity index (χ0n) is 11.8. The fraction of sp³-hybridized carbons (Fsp3) is 0.923. The molecule has 0 aromatic rings. The summed E-state index contributed by atoms with van der Waals surface area (Å²) in [5.74, 6) is 1.28. The highest BCUT2D eigenvalue weighted by atomic mass is 16.5. The molecule has 1 heterocycles. The molecule has 1 aliphatic heterocycles. The molecule has 0 unspecified atom stereocenters. The summed E-state index contributed by atoms with van der Waals surface area (Å²) in [5, 5.41) is 3.15. The lowest BCUT2D eigenvalue weighted by Crippen LogP contribution is -2.37. The van der Waals surface area contributed by atoms with Gasteiger partial charge in [-0.05, 0) is 18.8 Å². The minimum absolute atomic E-state index is 0.581. The van der Waals surface area contributed by atoms with Crippen molar-refractivity contribution < 1.29 is 4.74 Å². The molecule has 1 fully saturated rings. The quantitative estimate of drug-likeness (QED) is 0.399. The van der Waals surface area contributed by atoms with Crippen LogP contribution in [0.1, 0.15) is 26.7 Å². The lowest BCUT2D eigenvalue weighted by Gasteiger charge is -2.26. The van der Waals surface area contributed by atoms with Crippen molar-refractivity contribution in [3.8, 4) is 0 Å². The highest BCUT2D eigenvalue weighted by molar-refractivity contribution is 5.77. The maximum atomic E-state index is 5.78. The third-order valence-electron chi connectivity index (χ3n) is 3.05. The SMILES string of the molecule is CC(C)CCNC(N)=NCCCN1CCOCC1. The summed E-state index contributed by atoms with van der Waals surface area (Å²) in [5.41, 5.74) is 5.78. The minimum Gasteiger partial charge on any atom is -0.379 e. The third-order valence-corrected chi connectivity index (χ3v) is 3.05. The maximum Gasteiger partial charge on any atom is 0.188 e. The van der Waals surface area contributed by atoms with Gasteiger partial charge in [0.2, 0.25) is 0 Å². The molecule has 0 atom stereocenters. The van der Waals surface area contributed by atoms with Crippen molar-refractivity contribution in [1.29, 1.82) is 0 Å². The van der Waals surface area contributed by atoms with E-state index in [9.17, 15) is 0 Å². The Morgan fingerprint density at radius 3 is 2.78 bits per heavy atom. The van der Waals surface area contributed by atoms with Crippen LogP contribution >= 0.6 is 0 Å². The Hall–Kier alpha value is -0.810. The van der Waals surface area contributed by atoms with Gasteiger partial charge in [-0.25, -0.2) is 0 Å². The first-order valence-electron chi connectivity index (χ1n) is 7.02. The summed E-state index contributed by atoms with van der Waals surface area (Å²) in [6, 6.07) is 0. The van der Waals surface area contributed by atoms with Crippen molar-refractivity contribution in [1.82, 2.24) is 10.2 Å². The number of nitrogens with two attached hydrogens (primary N) is 1. The standard InChI is InChI=1S/C13H28N4O/c1-12(2)4-6-16-13(14)15-5-3-7-17-8-10-18-11-9-17/h12H,3-11H2,1-2H3,(H3,14,15,16). The van der Waals surface area contributed by atoms with Gasteiger partial charge in [0.05, 0.1) is 13.2 Å². The van der Waals surface area contributed by atoms with E-state index in [2.05, 4.69) is 29.1 Å². The Kier molecular flexibility index (Phi) is 7.76. The van der Waals surface area contributed by atoms with Gasteiger partial charge < -0.3 is 15.8 Å². The summed E-state index contributed by atoms with van der Waals surface area (Å²) in [6.07, 6.45) is 2.19. The van der Waals surface area contributed by atoms with Crippen LogP contribution in [0.2, 0.25) is 0 Å². The van der Waals surface area contributed by atoms with E-state index in [4.69, 9.17) is 10.5 Å². The summed E-state index contributed by atoms with van der Waals surface area (Å²) in [6.45, 7) is 11.0. The lowest BCUT2D eigenvalue weighted by molar-refractivity contribution is 0.0377. The average molecular weight is 256 g/mol. The van der Waals surface area contributed by atoms with Crippen LogP contribution in [0.3, 0.4) is 0 Å². The third kappa shape index (κ3) is 7.50. The second-order valence-corrected chi connectivity index (χ2v) is 5.18. The number of guanidine groups is 1.